The highest BCUT2D eigenvalue weighted by molar-refractivity contribution is 5.88. The van der Waals surface area contributed by atoms with E-state index >= 15 is 0 Å². The molecule has 0 spiro atoms. The van der Waals surface area contributed by atoms with Crippen LogP contribution in [0.3, 0.4) is 0 Å². The molecule has 7 nitrogen and oxygen atoms in total. The van der Waals surface area contributed by atoms with Gasteiger partial charge in [0.15, 0.2) is 0 Å². The van der Waals surface area contributed by atoms with E-state index in [1.54, 1.807) is 42.9 Å². The molecule has 3 aromatic rings. The molecule has 2 aromatic heterocycles. The zero-order valence-electron chi connectivity index (χ0n) is 11.7. The molecule has 0 fully saturated rings. The number of hydrogen-bond acceptors (Lipinski definition) is 5. The first kappa shape index (κ1) is 13.7. The number of aryl methyl sites for hydroxylation is 1. The summed E-state index contributed by atoms with van der Waals surface area (Å²) in [7, 11) is 0. The summed E-state index contributed by atoms with van der Waals surface area (Å²) in [6.07, 6.45) is 5.05. The van der Waals surface area contributed by atoms with Crippen molar-refractivity contribution >= 4 is 17.6 Å². The van der Waals surface area contributed by atoms with E-state index < -0.39 is 5.97 Å². The number of hydrogen-bond donors (Lipinski definition) is 3. The molecule has 0 aliphatic heterocycles. The Balaban J connectivity index is 1.93. The first-order valence-electron chi connectivity index (χ1n) is 6.56. The predicted molar refractivity (Wildman–Crippen MR) is 81.0 cm³/mol. The minimum Gasteiger partial charge on any atom is -0.478 e. The van der Waals surface area contributed by atoms with E-state index in [2.05, 4.69) is 25.5 Å². The monoisotopic (exact) mass is 295 g/mol. The van der Waals surface area contributed by atoms with Crippen molar-refractivity contribution in [2.45, 2.75) is 6.92 Å². The number of carbonyl (C=O) groups is 1. The van der Waals surface area contributed by atoms with Crippen LogP contribution in [-0.4, -0.2) is 31.2 Å². The Kier molecular flexibility index (Phi) is 3.53. The standard InChI is InChI=1S/C15H13N5O2/c1-9-6-16-15(19-12-7-17-18-8-12)20-13(9)10-2-4-11(5-3-10)14(21)22/h2-8H,1H3,(H,17,18)(H,21,22)(H,16,19,20). The van der Waals surface area contributed by atoms with Crippen LogP contribution in [0.1, 0.15) is 15.9 Å². The Bertz CT molecular complexity index is 797. The summed E-state index contributed by atoms with van der Waals surface area (Å²) in [6, 6.07) is 6.59. The lowest BCUT2D eigenvalue weighted by Crippen LogP contribution is -2.00. The lowest BCUT2D eigenvalue weighted by Gasteiger charge is -2.08. The van der Waals surface area contributed by atoms with E-state index in [0.717, 1.165) is 22.5 Å². The number of aromatic nitrogens is 4. The highest BCUT2D eigenvalue weighted by Gasteiger charge is 2.09. The van der Waals surface area contributed by atoms with Crippen molar-refractivity contribution in [3.05, 3.63) is 54.0 Å². The van der Waals surface area contributed by atoms with Gasteiger partial charge in [0.25, 0.3) is 0 Å². The molecule has 0 saturated carbocycles. The Morgan fingerprint density at radius 1 is 1.23 bits per heavy atom. The van der Waals surface area contributed by atoms with E-state index in [0.29, 0.717) is 5.95 Å². The zero-order chi connectivity index (χ0) is 15.5. The van der Waals surface area contributed by atoms with Crippen LogP contribution < -0.4 is 5.32 Å². The molecular formula is C15H13N5O2. The largest absolute Gasteiger partial charge is 0.478 e. The van der Waals surface area contributed by atoms with Gasteiger partial charge < -0.3 is 10.4 Å². The lowest BCUT2D eigenvalue weighted by atomic mass is 10.1. The van der Waals surface area contributed by atoms with E-state index in [-0.39, 0.29) is 5.56 Å². The van der Waals surface area contributed by atoms with Crippen LogP contribution >= 0.6 is 0 Å². The summed E-state index contributed by atoms with van der Waals surface area (Å²) in [5, 5.41) is 18.5. The average Bonchev–Trinajstić information content (AvgIpc) is 3.02. The molecule has 0 bridgehead atoms. The summed E-state index contributed by atoms with van der Waals surface area (Å²) in [5.74, 6) is -0.502. The number of aromatic amines is 1. The number of carboxylic acid groups (broad SMARTS) is 1. The molecule has 3 rings (SSSR count). The molecule has 1 aromatic carbocycles. The highest BCUT2D eigenvalue weighted by atomic mass is 16.4. The van der Waals surface area contributed by atoms with Crippen molar-refractivity contribution in [1.29, 1.82) is 0 Å². The quantitative estimate of drug-likeness (QED) is 0.683. The maximum Gasteiger partial charge on any atom is 0.335 e. The Morgan fingerprint density at radius 2 is 2.00 bits per heavy atom. The lowest BCUT2D eigenvalue weighted by molar-refractivity contribution is 0.0697. The van der Waals surface area contributed by atoms with Gasteiger partial charge in [0.1, 0.15) is 0 Å². The first-order valence-corrected chi connectivity index (χ1v) is 6.56. The van der Waals surface area contributed by atoms with Gasteiger partial charge in [-0.25, -0.2) is 14.8 Å². The third kappa shape index (κ3) is 2.78. The molecular weight excluding hydrogens is 282 g/mol. The Morgan fingerprint density at radius 3 is 2.64 bits per heavy atom. The second-order valence-corrected chi connectivity index (χ2v) is 4.72. The van der Waals surface area contributed by atoms with Crippen LogP contribution in [0.5, 0.6) is 0 Å². The molecule has 0 amide bonds. The van der Waals surface area contributed by atoms with E-state index in [9.17, 15) is 4.79 Å². The molecule has 3 N–H and O–H groups in total. The number of rotatable bonds is 4. The average molecular weight is 295 g/mol. The summed E-state index contributed by atoms with van der Waals surface area (Å²) in [6.45, 7) is 1.90. The van der Waals surface area contributed by atoms with Gasteiger partial charge in [-0.3, -0.25) is 5.10 Å². The van der Waals surface area contributed by atoms with Crippen LogP contribution in [-0.2, 0) is 0 Å². The Labute approximate surface area is 126 Å². The van der Waals surface area contributed by atoms with Crippen LogP contribution in [0.15, 0.2) is 42.9 Å². The van der Waals surface area contributed by atoms with Crippen LogP contribution in [0, 0.1) is 6.92 Å². The number of aromatic carboxylic acids is 1. The van der Waals surface area contributed by atoms with Gasteiger partial charge in [-0.15, -0.1) is 0 Å². The number of nitrogens with one attached hydrogen (secondary N) is 2. The molecule has 0 radical (unpaired) electrons. The van der Waals surface area contributed by atoms with Crippen LogP contribution in [0.4, 0.5) is 11.6 Å². The highest BCUT2D eigenvalue weighted by Crippen LogP contribution is 2.23. The number of anilines is 2. The predicted octanol–water partition coefficient (Wildman–Crippen LogP) is 2.62. The second-order valence-electron chi connectivity index (χ2n) is 4.72. The second kappa shape index (κ2) is 5.65. The van der Waals surface area contributed by atoms with Gasteiger partial charge in [-0.05, 0) is 24.6 Å². The van der Waals surface area contributed by atoms with Crippen molar-refractivity contribution in [2.75, 3.05) is 5.32 Å². The molecule has 0 atom stereocenters. The van der Waals surface area contributed by atoms with Crippen molar-refractivity contribution in [2.24, 2.45) is 0 Å². The molecule has 7 heteroatoms. The van der Waals surface area contributed by atoms with Crippen LogP contribution in [0.25, 0.3) is 11.3 Å². The molecule has 0 unspecified atom stereocenters. The van der Waals surface area contributed by atoms with E-state index in [1.807, 2.05) is 6.92 Å². The number of benzene rings is 1. The number of nitrogens with zero attached hydrogens (tertiary/aromatic N) is 3. The molecule has 0 aliphatic rings. The fourth-order valence-electron chi connectivity index (χ4n) is 2.01. The maximum atomic E-state index is 10.9. The molecule has 110 valence electrons. The third-order valence-corrected chi connectivity index (χ3v) is 3.13. The van der Waals surface area contributed by atoms with Gasteiger partial charge in [-0.1, -0.05) is 12.1 Å². The van der Waals surface area contributed by atoms with Gasteiger partial charge in [-0.2, -0.15) is 5.10 Å². The smallest absolute Gasteiger partial charge is 0.335 e. The van der Waals surface area contributed by atoms with Gasteiger partial charge in [0.2, 0.25) is 5.95 Å². The molecule has 0 aliphatic carbocycles. The Hall–Kier alpha value is -3.22. The first-order chi connectivity index (χ1) is 10.6. The van der Waals surface area contributed by atoms with Gasteiger partial charge >= 0.3 is 5.97 Å². The fraction of sp³-hybridized carbons (Fsp3) is 0.0667. The molecule has 0 saturated heterocycles. The van der Waals surface area contributed by atoms with Gasteiger partial charge in [0.05, 0.1) is 23.1 Å². The number of carboxylic acids is 1. The SMILES string of the molecule is Cc1cnc(Nc2cn[nH]c2)nc1-c1ccc(C(=O)O)cc1. The summed E-state index contributed by atoms with van der Waals surface area (Å²) >= 11 is 0. The normalized spacial score (nSPS) is 10.4. The van der Waals surface area contributed by atoms with E-state index in [4.69, 9.17) is 5.11 Å². The van der Waals surface area contributed by atoms with Crippen molar-refractivity contribution < 1.29 is 9.90 Å². The summed E-state index contributed by atoms with van der Waals surface area (Å²) in [4.78, 5) is 19.6. The minimum absolute atomic E-state index is 0.243. The fourth-order valence-corrected chi connectivity index (χ4v) is 2.01. The molecule has 22 heavy (non-hydrogen) atoms. The van der Waals surface area contributed by atoms with Crippen molar-refractivity contribution in [3.8, 4) is 11.3 Å². The van der Waals surface area contributed by atoms with Crippen molar-refractivity contribution in [1.82, 2.24) is 20.2 Å². The summed E-state index contributed by atoms with van der Waals surface area (Å²) in [5.41, 5.74) is 3.49. The van der Waals surface area contributed by atoms with Gasteiger partial charge in [0, 0.05) is 18.0 Å². The van der Waals surface area contributed by atoms with Crippen molar-refractivity contribution in [3.63, 3.8) is 0 Å². The topological polar surface area (TPSA) is 104 Å². The maximum absolute atomic E-state index is 10.9. The third-order valence-electron chi connectivity index (χ3n) is 3.13. The van der Waals surface area contributed by atoms with E-state index in [1.165, 1.54) is 0 Å². The summed E-state index contributed by atoms with van der Waals surface area (Å²) < 4.78 is 0. The minimum atomic E-state index is -0.951. The molecule has 2 heterocycles. The number of H-pyrrole nitrogens is 1. The van der Waals surface area contributed by atoms with Crippen LogP contribution in [0.2, 0.25) is 0 Å². The zero-order valence-corrected chi connectivity index (χ0v) is 11.7.